The molecule has 3 heterocycles. The van der Waals surface area contributed by atoms with Gasteiger partial charge in [0.1, 0.15) is 5.75 Å². The second kappa shape index (κ2) is 6.84. The fraction of sp³-hybridized carbons (Fsp3) is 0.500. The first-order chi connectivity index (χ1) is 12.3. The fourth-order valence-electron chi connectivity index (χ4n) is 3.72. The lowest BCUT2D eigenvalue weighted by Gasteiger charge is -2.41. The van der Waals surface area contributed by atoms with Crippen molar-refractivity contribution in [2.45, 2.75) is 38.0 Å². The third kappa shape index (κ3) is 3.11. The topological polar surface area (TPSA) is 69.5 Å². The molecule has 0 bridgehead atoms. The van der Waals surface area contributed by atoms with Crippen molar-refractivity contribution in [2.75, 3.05) is 20.2 Å². The van der Waals surface area contributed by atoms with Gasteiger partial charge in [-0.1, -0.05) is 23.4 Å². The molecule has 1 amide bonds. The van der Waals surface area contributed by atoms with Gasteiger partial charge in [0, 0.05) is 19.5 Å². The summed E-state index contributed by atoms with van der Waals surface area (Å²) in [5, 5.41) is 8.14. The van der Waals surface area contributed by atoms with Gasteiger partial charge in [-0.25, -0.2) is 4.68 Å². The van der Waals surface area contributed by atoms with E-state index in [1.165, 1.54) is 0 Å². The number of carbonyl (C=O) groups excluding carboxylic acids is 1. The van der Waals surface area contributed by atoms with Gasteiger partial charge in [-0.3, -0.25) is 4.79 Å². The Kier molecular flexibility index (Phi) is 4.40. The Morgan fingerprint density at radius 2 is 2.28 bits per heavy atom. The quantitative estimate of drug-likeness (QED) is 0.844. The third-order valence-corrected chi connectivity index (χ3v) is 5.09. The summed E-state index contributed by atoms with van der Waals surface area (Å²) in [6.45, 7) is 1.86. The molecule has 0 spiro atoms. The number of likely N-dealkylation sites (tertiary alicyclic amines) is 1. The number of benzene rings is 1. The van der Waals surface area contributed by atoms with Crippen molar-refractivity contribution >= 4 is 5.91 Å². The van der Waals surface area contributed by atoms with Crippen LogP contribution in [0.15, 0.2) is 30.5 Å². The molecule has 25 heavy (non-hydrogen) atoms. The molecule has 4 rings (SSSR count). The number of aromatic nitrogens is 3. The van der Waals surface area contributed by atoms with Crippen LogP contribution in [0.25, 0.3) is 0 Å². The number of para-hydroxylation sites is 1. The average molecular weight is 342 g/mol. The van der Waals surface area contributed by atoms with Crippen LogP contribution in [-0.2, 0) is 22.6 Å². The number of fused-ring (bicyclic) bond motifs is 3. The number of hydrogen-bond acceptors (Lipinski definition) is 5. The molecule has 7 heteroatoms. The third-order valence-electron chi connectivity index (χ3n) is 5.09. The molecule has 2 aromatic rings. The fourth-order valence-corrected chi connectivity index (χ4v) is 3.72. The number of piperidine rings is 1. The van der Waals surface area contributed by atoms with Gasteiger partial charge >= 0.3 is 0 Å². The first-order valence-corrected chi connectivity index (χ1v) is 8.66. The molecule has 132 valence electrons. The maximum atomic E-state index is 12.6. The van der Waals surface area contributed by atoms with Crippen molar-refractivity contribution in [3.05, 3.63) is 41.7 Å². The molecule has 2 aliphatic heterocycles. The number of ether oxygens (including phenoxy) is 2. The number of amides is 1. The molecule has 0 radical (unpaired) electrons. The maximum absolute atomic E-state index is 12.6. The number of hydrogen-bond donors (Lipinski definition) is 0. The smallest absolute Gasteiger partial charge is 0.222 e. The molecular weight excluding hydrogens is 320 g/mol. The highest BCUT2D eigenvalue weighted by molar-refractivity contribution is 5.76. The molecule has 0 aliphatic carbocycles. The average Bonchev–Trinajstić information content (AvgIpc) is 3.15. The van der Waals surface area contributed by atoms with Crippen LogP contribution in [-0.4, -0.2) is 52.1 Å². The van der Waals surface area contributed by atoms with Crippen LogP contribution in [0, 0.1) is 0 Å². The summed E-state index contributed by atoms with van der Waals surface area (Å²) in [5.74, 6) is 1.00. The molecular formula is C18H22N4O3. The van der Waals surface area contributed by atoms with Crippen molar-refractivity contribution in [1.82, 2.24) is 19.9 Å². The van der Waals surface area contributed by atoms with Gasteiger partial charge < -0.3 is 14.4 Å². The van der Waals surface area contributed by atoms with Gasteiger partial charge in [0.2, 0.25) is 5.91 Å². The summed E-state index contributed by atoms with van der Waals surface area (Å²) in [5.41, 5.74) is 2.08. The lowest BCUT2D eigenvalue weighted by molar-refractivity contribution is -0.139. The molecule has 1 fully saturated rings. The monoisotopic (exact) mass is 342 g/mol. The SMILES string of the molecule is COc1ccccc1CCC(=O)N1CC[C@H]2[C@H](C1)OCc1cnnn12. The van der Waals surface area contributed by atoms with Crippen LogP contribution in [0.5, 0.6) is 5.75 Å². The standard InChI is InChI=1S/C18H22N4O3/c1-24-16-5-3-2-4-13(16)6-7-18(23)21-9-8-15-17(11-21)25-12-14-10-19-20-22(14)15/h2-5,10,15,17H,6-9,11-12H2,1H3/t15-,17-/m0/s1. The van der Waals surface area contributed by atoms with E-state index in [1.54, 1.807) is 13.3 Å². The summed E-state index contributed by atoms with van der Waals surface area (Å²) < 4.78 is 13.3. The van der Waals surface area contributed by atoms with E-state index < -0.39 is 0 Å². The number of carbonyl (C=O) groups is 1. The van der Waals surface area contributed by atoms with Gasteiger partial charge in [-0.15, -0.1) is 5.10 Å². The number of nitrogens with zero attached hydrogens (tertiary/aromatic N) is 4. The summed E-state index contributed by atoms with van der Waals surface area (Å²) in [4.78, 5) is 14.6. The zero-order valence-corrected chi connectivity index (χ0v) is 14.3. The minimum atomic E-state index is -0.00170. The highest BCUT2D eigenvalue weighted by Gasteiger charge is 2.37. The molecule has 1 aromatic heterocycles. The zero-order valence-electron chi connectivity index (χ0n) is 14.3. The Labute approximate surface area is 146 Å². The minimum absolute atomic E-state index is 0.00170. The molecule has 2 atom stereocenters. The second-order valence-electron chi connectivity index (χ2n) is 6.53. The predicted octanol–water partition coefficient (Wildman–Crippen LogP) is 1.59. The molecule has 0 saturated carbocycles. The predicted molar refractivity (Wildman–Crippen MR) is 90.1 cm³/mol. The Morgan fingerprint density at radius 3 is 3.16 bits per heavy atom. The molecule has 0 unspecified atom stereocenters. The van der Waals surface area contributed by atoms with Crippen molar-refractivity contribution in [3.63, 3.8) is 0 Å². The normalized spacial score (nSPS) is 22.2. The van der Waals surface area contributed by atoms with Gasteiger partial charge in [0.25, 0.3) is 0 Å². The summed E-state index contributed by atoms with van der Waals surface area (Å²) in [6.07, 6.45) is 3.76. The van der Waals surface area contributed by atoms with Crippen LogP contribution in [0.1, 0.15) is 30.1 Å². The molecule has 1 saturated heterocycles. The van der Waals surface area contributed by atoms with Gasteiger partial charge in [-0.2, -0.15) is 0 Å². The first kappa shape index (κ1) is 16.1. The molecule has 0 N–H and O–H groups in total. The minimum Gasteiger partial charge on any atom is -0.496 e. The van der Waals surface area contributed by atoms with Crippen LogP contribution in [0.3, 0.4) is 0 Å². The van der Waals surface area contributed by atoms with E-state index in [9.17, 15) is 4.79 Å². The maximum Gasteiger partial charge on any atom is 0.222 e. The molecule has 7 nitrogen and oxygen atoms in total. The summed E-state index contributed by atoms with van der Waals surface area (Å²) >= 11 is 0. The first-order valence-electron chi connectivity index (χ1n) is 8.66. The van der Waals surface area contributed by atoms with E-state index in [2.05, 4.69) is 10.3 Å². The molecule has 2 aliphatic rings. The Hall–Kier alpha value is -2.41. The summed E-state index contributed by atoms with van der Waals surface area (Å²) in [7, 11) is 1.66. The van der Waals surface area contributed by atoms with E-state index in [1.807, 2.05) is 33.8 Å². The number of aryl methyl sites for hydroxylation is 1. The van der Waals surface area contributed by atoms with Crippen molar-refractivity contribution in [1.29, 1.82) is 0 Å². The lowest BCUT2D eigenvalue weighted by Crippen LogP contribution is -2.50. The van der Waals surface area contributed by atoms with Gasteiger partial charge in [0.15, 0.2) is 0 Å². The lowest BCUT2D eigenvalue weighted by atomic mass is 9.99. The zero-order chi connectivity index (χ0) is 17.2. The Balaban J connectivity index is 1.37. The van der Waals surface area contributed by atoms with E-state index in [4.69, 9.17) is 9.47 Å². The van der Waals surface area contributed by atoms with E-state index in [-0.39, 0.29) is 18.1 Å². The van der Waals surface area contributed by atoms with Crippen LogP contribution < -0.4 is 4.74 Å². The largest absolute Gasteiger partial charge is 0.496 e. The second-order valence-corrected chi connectivity index (χ2v) is 6.53. The van der Waals surface area contributed by atoms with E-state index in [0.717, 1.165) is 30.0 Å². The van der Waals surface area contributed by atoms with Crippen LogP contribution >= 0.6 is 0 Å². The van der Waals surface area contributed by atoms with Crippen molar-refractivity contribution in [3.8, 4) is 5.75 Å². The van der Waals surface area contributed by atoms with Gasteiger partial charge in [-0.05, 0) is 24.5 Å². The van der Waals surface area contributed by atoms with Crippen molar-refractivity contribution < 1.29 is 14.3 Å². The van der Waals surface area contributed by atoms with Crippen LogP contribution in [0.4, 0.5) is 0 Å². The Bertz CT molecular complexity index is 760. The Morgan fingerprint density at radius 1 is 1.40 bits per heavy atom. The van der Waals surface area contributed by atoms with E-state index >= 15 is 0 Å². The highest BCUT2D eigenvalue weighted by Crippen LogP contribution is 2.30. The molecule has 1 aromatic carbocycles. The van der Waals surface area contributed by atoms with Crippen molar-refractivity contribution in [2.24, 2.45) is 0 Å². The summed E-state index contributed by atoms with van der Waals surface area (Å²) in [6, 6.07) is 8.03. The van der Waals surface area contributed by atoms with Gasteiger partial charge in [0.05, 0.1) is 37.8 Å². The number of rotatable bonds is 4. The van der Waals surface area contributed by atoms with E-state index in [0.29, 0.717) is 26.0 Å². The highest BCUT2D eigenvalue weighted by atomic mass is 16.5. The van der Waals surface area contributed by atoms with Crippen LogP contribution in [0.2, 0.25) is 0 Å². The number of methoxy groups -OCH3 is 1.